The van der Waals surface area contributed by atoms with Gasteiger partial charge in [0.05, 0.1) is 81.2 Å². The molecule has 6 aromatic heterocycles. The summed E-state index contributed by atoms with van der Waals surface area (Å²) >= 11 is 21.0. The molecule has 0 radical (unpaired) electrons. The van der Waals surface area contributed by atoms with E-state index in [0.717, 1.165) is 0 Å². The van der Waals surface area contributed by atoms with Crippen LogP contribution in [0.1, 0.15) is 5.69 Å². The summed E-state index contributed by atoms with van der Waals surface area (Å²) in [6.07, 6.45) is 10.8. The highest BCUT2D eigenvalue weighted by Crippen LogP contribution is 2.25. The summed E-state index contributed by atoms with van der Waals surface area (Å²) in [5.41, 5.74) is 19.0. The number of aromatic nitrogens is 12. The van der Waals surface area contributed by atoms with Crippen molar-refractivity contribution in [3.63, 3.8) is 0 Å². The molecule has 15 nitrogen and oxygen atoms in total. The molecule has 0 aromatic carbocycles. The molecule has 0 aliphatic carbocycles. The lowest BCUT2D eigenvalue weighted by atomic mass is 10.3. The Morgan fingerprint density at radius 2 is 1.02 bits per heavy atom. The van der Waals surface area contributed by atoms with E-state index in [4.69, 9.17) is 52.0 Å². The molecule has 6 rings (SSSR count). The van der Waals surface area contributed by atoms with Crippen LogP contribution in [-0.4, -0.2) is 59.9 Å². The molecule has 0 aliphatic heterocycles. The normalized spacial score (nSPS) is 10.4. The van der Waals surface area contributed by atoms with Gasteiger partial charge < -0.3 is 17.2 Å². The summed E-state index contributed by atoms with van der Waals surface area (Å²) in [5, 5.41) is 24.8. The minimum absolute atomic E-state index is 0.405. The van der Waals surface area contributed by atoms with Crippen molar-refractivity contribution in [3.05, 3.63) is 86.9 Å². The van der Waals surface area contributed by atoms with Crippen LogP contribution >= 0.6 is 50.7 Å². The Kier molecular flexibility index (Phi) is 9.61. The van der Waals surface area contributed by atoms with Gasteiger partial charge >= 0.3 is 0 Å². The maximum Gasteiger partial charge on any atom is 0.194 e. The Labute approximate surface area is 255 Å². The standard InChI is InChI=1S/C8H8ClN5.C7H5BrClN5.C7H6ClN5/c1-5-7(10)4-6(9)8(13-5)14-11-2-3-12-14;8-6-5(10)3-4(9)7(13-6)14-11-1-2-12-14;8-6-3-5(9)4-10-7(6)13-11-1-2-12-13/h2-4H,10H2,1H3;1-3H,10H2;1-4H,9H2. The van der Waals surface area contributed by atoms with E-state index in [1.54, 1.807) is 62.3 Å². The predicted molar refractivity (Wildman–Crippen MR) is 158 cm³/mol. The van der Waals surface area contributed by atoms with Crippen molar-refractivity contribution in [1.29, 1.82) is 0 Å². The van der Waals surface area contributed by atoms with Crippen LogP contribution in [0, 0.1) is 6.92 Å². The largest absolute Gasteiger partial charge is 0.397 e. The van der Waals surface area contributed by atoms with Crippen molar-refractivity contribution in [2.75, 3.05) is 17.2 Å². The van der Waals surface area contributed by atoms with Gasteiger partial charge in [-0.3, -0.25) is 0 Å². The van der Waals surface area contributed by atoms with E-state index >= 15 is 0 Å². The number of aryl methyl sites for hydroxylation is 1. The van der Waals surface area contributed by atoms with Crippen molar-refractivity contribution in [3.8, 4) is 17.5 Å². The van der Waals surface area contributed by atoms with Crippen LogP contribution in [0.4, 0.5) is 17.1 Å². The first-order valence-electron chi connectivity index (χ1n) is 11.2. The lowest BCUT2D eigenvalue weighted by Gasteiger charge is -2.05. The Balaban J connectivity index is 0.000000142. The molecular weight excluding hydrogens is 661 g/mol. The minimum Gasteiger partial charge on any atom is -0.397 e. The monoisotopic (exact) mass is 677 g/mol. The van der Waals surface area contributed by atoms with Crippen LogP contribution in [0.5, 0.6) is 0 Å². The van der Waals surface area contributed by atoms with Crippen molar-refractivity contribution >= 4 is 67.8 Å². The summed E-state index contributed by atoms with van der Waals surface area (Å²) < 4.78 is 0.522. The number of halogens is 4. The number of hydrogen-bond donors (Lipinski definition) is 3. The van der Waals surface area contributed by atoms with Gasteiger partial charge in [-0.15, -0.1) is 14.4 Å². The number of nitrogens with zero attached hydrogens (tertiary/aromatic N) is 12. The second-order valence-corrected chi connectivity index (χ2v) is 9.64. The molecule has 0 saturated carbocycles. The van der Waals surface area contributed by atoms with Gasteiger partial charge in [-0.05, 0) is 41.1 Å². The van der Waals surface area contributed by atoms with Crippen molar-refractivity contribution in [2.45, 2.75) is 6.92 Å². The molecule has 19 heteroatoms. The molecule has 41 heavy (non-hydrogen) atoms. The topological polar surface area (TPSA) is 209 Å². The van der Waals surface area contributed by atoms with Gasteiger partial charge in [-0.25, -0.2) is 15.0 Å². The highest BCUT2D eigenvalue weighted by atomic mass is 79.9. The molecular formula is C22H19BrCl3N15. The Hall–Kier alpha value is -4.38. The summed E-state index contributed by atoms with van der Waals surface area (Å²) in [5.74, 6) is 1.40. The fraction of sp³-hybridized carbons (Fsp3) is 0.0455. The number of pyridine rings is 3. The fourth-order valence-electron chi connectivity index (χ4n) is 2.90. The Morgan fingerprint density at radius 1 is 0.610 bits per heavy atom. The van der Waals surface area contributed by atoms with Gasteiger partial charge in [-0.2, -0.15) is 30.6 Å². The van der Waals surface area contributed by atoms with E-state index in [0.29, 0.717) is 59.9 Å². The van der Waals surface area contributed by atoms with Crippen LogP contribution in [0.25, 0.3) is 17.5 Å². The average Bonchev–Trinajstić information content (AvgIpc) is 3.73. The molecule has 0 amide bonds. The zero-order valence-electron chi connectivity index (χ0n) is 20.9. The minimum atomic E-state index is 0.405. The zero-order valence-corrected chi connectivity index (χ0v) is 24.7. The fourth-order valence-corrected chi connectivity index (χ4v) is 3.91. The lowest BCUT2D eigenvalue weighted by molar-refractivity contribution is 0.727. The van der Waals surface area contributed by atoms with Gasteiger partial charge in [0.25, 0.3) is 0 Å². The molecule has 6 aromatic rings. The van der Waals surface area contributed by atoms with Gasteiger partial charge in [0.15, 0.2) is 17.5 Å². The summed E-state index contributed by atoms with van der Waals surface area (Å²) in [4.78, 5) is 16.3. The Morgan fingerprint density at radius 3 is 1.51 bits per heavy atom. The van der Waals surface area contributed by atoms with Crippen molar-refractivity contribution < 1.29 is 0 Å². The molecule has 6 heterocycles. The number of anilines is 3. The van der Waals surface area contributed by atoms with Gasteiger partial charge in [0.1, 0.15) is 4.60 Å². The first-order valence-corrected chi connectivity index (χ1v) is 13.1. The zero-order chi connectivity index (χ0) is 29.5. The van der Waals surface area contributed by atoms with E-state index in [1.807, 2.05) is 0 Å². The number of hydrogen-bond acceptors (Lipinski definition) is 12. The van der Waals surface area contributed by atoms with Crippen molar-refractivity contribution in [1.82, 2.24) is 59.9 Å². The lowest BCUT2D eigenvalue weighted by Crippen LogP contribution is -2.05. The van der Waals surface area contributed by atoms with E-state index in [2.05, 4.69) is 61.5 Å². The number of nitrogens with two attached hydrogens (primary N) is 3. The SMILES string of the molecule is Cc1nc(-n2nccn2)c(Cl)cc1N.Nc1cc(Cl)c(-n2nccn2)nc1Br.Nc1cnc(-n2nccn2)c(Cl)c1. The third kappa shape index (κ3) is 7.43. The van der Waals surface area contributed by atoms with Crippen LogP contribution in [0.15, 0.2) is 66.2 Å². The number of rotatable bonds is 3. The van der Waals surface area contributed by atoms with E-state index in [9.17, 15) is 0 Å². The predicted octanol–water partition coefficient (Wildman–Crippen LogP) is 3.76. The third-order valence-electron chi connectivity index (χ3n) is 4.79. The van der Waals surface area contributed by atoms with E-state index in [1.165, 1.54) is 20.6 Å². The third-order valence-corrected chi connectivity index (χ3v) is 6.26. The molecule has 0 atom stereocenters. The van der Waals surface area contributed by atoms with Crippen LogP contribution in [0.2, 0.25) is 15.1 Å². The van der Waals surface area contributed by atoms with Crippen LogP contribution in [0.3, 0.4) is 0 Å². The van der Waals surface area contributed by atoms with Crippen LogP contribution in [-0.2, 0) is 0 Å². The maximum absolute atomic E-state index is 5.95. The first-order chi connectivity index (χ1) is 19.6. The van der Waals surface area contributed by atoms with Crippen LogP contribution < -0.4 is 17.2 Å². The molecule has 0 fully saturated rings. The quantitative estimate of drug-likeness (QED) is 0.228. The van der Waals surface area contributed by atoms with Gasteiger partial charge in [0.2, 0.25) is 0 Å². The molecule has 0 spiro atoms. The van der Waals surface area contributed by atoms with E-state index in [-0.39, 0.29) is 0 Å². The van der Waals surface area contributed by atoms with E-state index < -0.39 is 0 Å². The molecule has 0 bridgehead atoms. The highest BCUT2D eigenvalue weighted by molar-refractivity contribution is 9.10. The highest BCUT2D eigenvalue weighted by Gasteiger charge is 2.10. The number of nitrogen functional groups attached to an aromatic ring is 3. The molecule has 0 aliphatic rings. The van der Waals surface area contributed by atoms with Crippen molar-refractivity contribution in [2.24, 2.45) is 0 Å². The first kappa shape index (κ1) is 29.6. The Bertz CT molecular complexity index is 1640. The molecule has 0 unspecified atom stereocenters. The van der Waals surface area contributed by atoms with Gasteiger partial charge in [-0.1, -0.05) is 34.8 Å². The second kappa shape index (κ2) is 13.3. The molecule has 0 saturated heterocycles. The molecule has 6 N–H and O–H groups in total. The molecule has 210 valence electrons. The summed E-state index contributed by atoms with van der Waals surface area (Å²) in [7, 11) is 0. The summed E-state index contributed by atoms with van der Waals surface area (Å²) in [6, 6.07) is 4.84. The summed E-state index contributed by atoms with van der Waals surface area (Å²) in [6.45, 7) is 1.80. The maximum atomic E-state index is 5.95. The smallest absolute Gasteiger partial charge is 0.194 e. The second-order valence-electron chi connectivity index (χ2n) is 7.67. The average molecular weight is 680 g/mol. The van der Waals surface area contributed by atoms with Gasteiger partial charge in [0, 0.05) is 0 Å².